The number of amides is 1. The predicted molar refractivity (Wildman–Crippen MR) is 54.4 cm³/mol. The van der Waals surface area contributed by atoms with Crippen LogP contribution in [0.25, 0.3) is 0 Å². The van der Waals surface area contributed by atoms with Gasteiger partial charge in [0.2, 0.25) is 5.91 Å². The maximum absolute atomic E-state index is 11.7. The molecule has 2 nitrogen and oxygen atoms in total. The van der Waals surface area contributed by atoms with Gasteiger partial charge in [-0.3, -0.25) is 4.79 Å². The molecule has 13 heavy (non-hydrogen) atoms. The van der Waals surface area contributed by atoms with Gasteiger partial charge < -0.3 is 5.32 Å². The fraction of sp³-hybridized carbons (Fsp3) is 0.909. The van der Waals surface area contributed by atoms with Crippen LogP contribution >= 0.6 is 0 Å². The van der Waals surface area contributed by atoms with Gasteiger partial charge in [0.1, 0.15) is 0 Å². The lowest BCUT2D eigenvalue weighted by molar-refractivity contribution is -0.124. The molecule has 0 aromatic carbocycles. The zero-order chi connectivity index (χ0) is 10.3. The molecule has 1 aliphatic carbocycles. The molecular formula is C11H21NO. The molecule has 1 saturated carbocycles. The van der Waals surface area contributed by atoms with E-state index in [-0.39, 0.29) is 22.8 Å². The first-order valence-corrected chi connectivity index (χ1v) is 5.10. The molecule has 0 aromatic heterocycles. The van der Waals surface area contributed by atoms with Gasteiger partial charge in [-0.1, -0.05) is 13.8 Å². The lowest BCUT2D eigenvalue weighted by atomic mass is 10.0. The normalized spacial score (nSPS) is 32.8. The third kappa shape index (κ3) is 2.45. The van der Waals surface area contributed by atoms with Gasteiger partial charge in [-0.2, -0.15) is 0 Å². The minimum Gasteiger partial charge on any atom is -0.351 e. The van der Waals surface area contributed by atoms with E-state index in [9.17, 15) is 4.79 Å². The first kappa shape index (κ1) is 10.6. The largest absolute Gasteiger partial charge is 0.351 e. The van der Waals surface area contributed by atoms with Crippen molar-refractivity contribution in [2.45, 2.75) is 53.0 Å². The molecule has 0 radical (unpaired) electrons. The van der Waals surface area contributed by atoms with Crippen molar-refractivity contribution in [2.24, 2.45) is 11.3 Å². The Labute approximate surface area is 81.1 Å². The average Bonchev–Trinajstić information content (AvgIpc) is 2.60. The molecule has 0 spiro atoms. The standard InChI is InChI=1S/C11H21NO/c1-6-11(5)7-8(11)9(13)12-10(2,3)4/h8H,6-7H2,1-5H3,(H,12,13). The second-order valence-corrected chi connectivity index (χ2v) is 5.50. The molecule has 0 heterocycles. The van der Waals surface area contributed by atoms with Crippen LogP contribution in [0.15, 0.2) is 0 Å². The van der Waals surface area contributed by atoms with Gasteiger partial charge in [0.05, 0.1) is 0 Å². The summed E-state index contributed by atoms with van der Waals surface area (Å²) in [6.45, 7) is 10.4. The molecule has 1 fully saturated rings. The van der Waals surface area contributed by atoms with E-state index in [0.29, 0.717) is 0 Å². The number of hydrogen-bond acceptors (Lipinski definition) is 1. The number of carbonyl (C=O) groups is 1. The lowest BCUT2D eigenvalue weighted by Gasteiger charge is -2.21. The van der Waals surface area contributed by atoms with Crippen LogP contribution in [-0.4, -0.2) is 11.4 Å². The molecule has 1 rings (SSSR count). The third-order valence-corrected chi connectivity index (χ3v) is 2.97. The minimum atomic E-state index is -0.0890. The van der Waals surface area contributed by atoms with E-state index in [2.05, 4.69) is 19.2 Å². The highest BCUT2D eigenvalue weighted by Gasteiger charge is 2.53. The number of nitrogens with one attached hydrogen (secondary N) is 1. The first-order valence-electron chi connectivity index (χ1n) is 5.10. The quantitative estimate of drug-likeness (QED) is 0.699. The number of rotatable bonds is 2. The molecule has 0 aliphatic heterocycles. The molecule has 2 unspecified atom stereocenters. The minimum absolute atomic E-state index is 0.0890. The Bertz CT molecular complexity index is 217. The maximum atomic E-state index is 11.7. The number of hydrogen-bond donors (Lipinski definition) is 1. The van der Waals surface area contributed by atoms with E-state index >= 15 is 0 Å². The summed E-state index contributed by atoms with van der Waals surface area (Å²) in [6.07, 6.45) is 2.17. The molecule has 2 atom stereocenters. The van der Waals surface area contributed by atoms with Crippen LogP contribution in [0.4, 0.5) is 0 Å². The molecular weight excluding hydrogens is 162 g/mol. The van der Waals surface area contributed by atoms with Gasteiger partial charge in [0.25, 0.3) is 0 Å². The summed E-state index contributed by atoms with van der Waals surface area (Å²) < 4.78 is 0. The van der Waals surface area contributed by atoms with Gasteiger partial charge in [-0.05, 0) is 39.0 Å². The molecule has 1 aliphatic rings. The average molecular weight is 183 g/mol. The van der Waals surface area contributed by atoms with Crippen molar-refractivity contribution < 1.29 is 4.79 Å². The monoisotopic (exact) mass is 183 g/mol. The van der Waals surface area contributed by atoms with Crippen molar-refractivity contribution in [3.8, 4) is 0 Å². The van der Waals surface area contributed by atoms with Crippen LogP contribution in [-0.2, 0) is 4.79 Å². The summed E-state index contributed by atoms with van der Waals surface area (Å²) in [5.74, 6) is 0.494. The molecule has 0 bridgehead atoms. The van der Waals surface area contributed by atoms with Crippen LogP contribution in [0.5, 0.6) is 0 Å². The predicted octanol–water partition coefficient (Wildman–Crippen LogP) is 2.34. The van der Waals surface area contributed by atoms with Gasteiger partial charge in [0.15, 0.2) is 0 Å². The van der Waals surface area contributed by atoms with E-state index in [4.69, 9.17) is 0 Å². The van der Waals surface area contributed by atoms with Crippen molar-refractivity contribution in [2.75, 3.05) is 0 Å². The van der Waals surface area contributed by atoms with Crippen LogP contribution in [0.2, 0.25) is 0 Å². The molecule has 0 aromatic rings. The lowest BCUT2D eigenvalue weighted by Crippen LogP contribution is -2.42. The van der Waals surface area contributed by atoms with Crippen molar-refractivity contribution in [1.82, 2.24) is 5.32 Å². The van der Waals surface area contributed by atoms with Gasteiger partial charge in [-0.15, -0.1) is 0 Å². The Morgan fingerprint density at radius 3 is 2.38 bits per heavy atom. The Hall–Kier alpha value is -0.530. The first-order chi connectivity index (χ1) is 5.78. The second kappa shape index (κ2) is 3.00. The molecule has 0 saturated heterocycles. The van der Waals surface area contributed by atoms with Crippen LogP contribution in [0.1, 0.15) is 47.5 Å². The Kier molecular flexibility index (Phi) is 2.44. The summed E-state index contributed by atoms with van der Waals surface area (Å²) in [4.78, 5) is 11.7. The zero-order valence-corrected chi connectivity index (χ0v) is 9.40. The van der Waals surface area contributed by atoms with E-state index in [1.165, 1.54) is 0 Å². The molecule has 1 amide bonds. The van der Waals surface area contributed by atoms with Crippen LogP contribution < -0.4 is 5.32 Å². The van der Waals surface area contributed by atoms with Gasteiger partial charge in [0, 0.05) is 11.5 Å². The van der Waals surface area contributed by atoms with Crippen molar-refractivity contribution >= 4 is 5.91 Å². The summed E-state index contributed by atoms with van der Waals surface area (Å²) >= 11 is 0. The Balaban J connectivity index is 2.45. The topological polar surface area (TPSA) is 29.1 Å². The van der Waals surface area contributed by atoms with E-state index in [1.54, 1.807) is 0 Å². The summed E-state index contributed by atoms with van der Waals surface area (Å²) in [5, 5.41) is 3.03. The van der Waals surface area contributed by atoms with Gasteiger partial charge >= 0.3 is 0 Å². The summed E-state index contributed by atoms with van der Waals surface area (Å²) in [6, 6.07) is 0. The smallest absolute Gasteiger partial charge is 0.224 e. The highest BCUT2D eigenvalue weighted by molar-refractivity contribution is 5.83. The second-order valence-electron chi connectivity index (χ2n) is 5.50. The van der Waals surface area contributed by atoms with Crippen molar-refractivity contribution in [3.63, 3.8) is 0 Å². The fourth-order valence-corrected chi connectivity index (χ4v) is 1.66. The SMILES string of the molecule is CCC1(C)CC1C(=O)NC(C)(C)C. The summed E-state index contributed by atoms with van der Waals surface area (Å²) in [7, 11) is 0. The molecule has 2 heteroatoms. The van der Waals surface area contributed by atoms with E-state index in [1.807, 2.05) is 20.8 Å². The van der Waals surface area contributed by atoms with Crippen molar-refractivity contribution in [3.05, 3.63) is 0 Å². The van der Waals surface area contributed by atoms with Crippen molar-refractivity contribution in [1.29, 1.82) is 0 Å². The highest BCUT2D eigenvalue weighted by atomic mass is 16.2. The Morgan fingerprint density at radius 2 is 2.08 bits per heavy atom. The Morgan fingerprint density at radius 1 is 1.54 bits per heavy atom. The summed E-state index contributed by atoms with van der Waals surface area (Å²) in [5.41, 5.74) is 0.198. The molecule has 1 N–H and O–H groups in total. The molecule has 76 valence electrons. The van der Waals surface area contributed by atoms with E-state index in [0.717, 1.165) is 12.8 Å². The highest BCUT2D eigenvalue weighted by Crippen LogP contribution is 2.54. The van der Waals surface area contributed by atoms with Gasteiger partial charge in [-0.25, -0.2) is 0 Å². The van der Waals surface area contributed by atoms with Crippen LogP contribution in [0.3, 0.4) is 0 Å². The van der Waals surface area contributed by atoms with Crippen LogP contribution in [0, 0.1) is 11.3 Å². The van der Waals surface area contributed by atoms with E-state index < -0.39 is 0 Å². The zero-order valence-electron chi connectivity index (χ0n) is 9.40. The number of carbonyl (C=O) groups excluding carboxylic acids is 1. The fourth-order valence-electron chi connectivity index (χ4n) is 1.66. The third-order valence-electron chi connectivity index (χ3n) is 2.97. The maximum Gasteiger partial charge on any atom is 0.224 e.